The van der Waals surface area contributed by atoms with Gasteiger partial charge >= 0.3 is 5.69 Å². The van der Waals surface area contributed by atoms with Gasteiger partial charge in [-0.25, -0.2) is 9.78 Å². The average Bonchev–Trinajstić information content (AvgIpc) is 2.52. The van der Waals surface area contributed by atoms with E-state index >= 15 is 0 Å². The fraction of sp³-hybridized carbons (Fsp3) is 0. The Bertz CT molecular complexity index is 711. The summed E-state index contributed by atoms with van der Waals surface area (Å²) in [7, 11) is 0. The lowest BCUT2D eigenvalue weighted by molar-refractivity contribution is 0.188. The number of aromatic amines is 1. The fourth-order valence-corrected chi connectivity index (χ4v) is 1.62. The summed E-state index contributed by atoms with van der Waals surface area (Å²) in [6, 6.07) is 9.19. The summed E-state index contributed by atoms with van der Waals surface area (Å²) < 4.78 is 0.564. The molecular formula is C10H7N3O2. The molecule has 74 valence electrons. The van der Waals surface area contributed by atoms with Crippen LogP contribution in [0.3, 0.4) is 0 Å². The number of para-hydroxylation sites is 1. The molecule has 5 nitrogen and oxygen atoms in total. The molecule has 2 N–H and O–H groups in total. The Morgan fingerprint density at radius 3 is 3.00 bits per heavy atom. The monoisotopic (exact) mass is 201 g/mol. The normalized spacial score (nSPS) is 11.2. The van der Waals surface area contributed by atoms with Crippen molar-refractivity contribution in [3.8, 4) is 0 Å². The Labute approximate surface area is 83.6 Å². The first kappa shape index (κ1) is 8.05. The predicted molar refractivity (Wildman–Crippen MR) is 55.0 cm³/mol. The molecule has 0 saturated heterocycles. The van der Waals surface area contributed by atoms with E-state index in [1.165, 1.54) is 0 Å². The molecule has 0 aliphatic rings. The number of imidazole rings is 1. The molecule has 1 aromatic carbocycles. The van der Waals surface area contributed by atoms with Crippen molar-refractivity contribution in [2.75, 3.05) is 0 Å². The fourth-order valence-electron chi connectivity index (χ4n) is 1.62. The Morgan fingerprint density at radius 1 is 1.33 bits per heavy atom. The van der Waals surface area contributed by atoms with Crippen molar-refractivity contribution in [3.05, 3.63) is 40.8 Å². The summed E-state index contributed by atoms with van der Waals surface area (Å²) >= 11 is 0. The van der Waals surface area contributed by atoms with Gasteiger partial charge in [0.1, 0.15) is 5.52 Å². The SMILES string of the molecule is O=c1[nH]c2nc3ccccc3cc2n1O. The van der Waals surface area contributed by atoms with Gasteiger partial charge in [0, 0.05) is 5.39 Å². The lowest BCUT2D eigenvalue weighted by Crippen LogP contribution is -2.12. The number of fused-ring (bicyclic) bond motifs is 2. The Hall–Kier alpha value is -2.30. The highest BCUT2D eigenvalue weighted by Gasteiger charge is 2.07. The van der Waals surface area contributed by atoms with Crippen LogP contribution in [-0.4, -0.2) is 19.9 Å². The zero-order valence-corrected chi connectivity index (χ0v) is 7.64. The van der Waals surface area contributed by atoms with E-state index in [9.17, 15) is 10.0 Å². The number of pyridine rings is 1. The first-order chi connectivity index (χ1) is 7.25. The lowest BCUT2D eigenvalue weighted by atomic mass is 10.2. The van der Waals surface area contributed by atoms with Gasteiger partial charge in [-0.1, -0.05) is 18.2 Å². The van der Waals surface area contributed by atoms with Crippen LogP contribution in [0.2, 0.25) is 0 Å². The summed E-state index contributed by atoms with van der Waals surface area (Å²) in [5.41, 5.74) is 0.986. The number of benzene rings is 1. The van der Waals surface area contributed by atoms with E-state index in [-0.39, 0.29) is 0 Å². The lowest BCUT2D eigenvalue weighted by Gasteiger charge is -1.96. The maximum atomic E-state index is 11.1. The molecule has 0 aliphatic heterocycles. The van der Waals surface area contributed by atoms with Crippen molar-refractivity contribution in [2.45, 2.75) is 0 Å². The van der Waals surface area contributed by atoms with Crippen molar-refractivity contribution in [1.82, 2.24) is 14.7 Å². The molecule has 3 aromatic rings. The summed E-state index contributed by atoms with van der Waals surface area (Å²) in [6.07, 6.45) is 0. The van der Waals surface area contributed by atoms with Crippen LogP contribution in [0.1, 0.15) is 0 Å². The van der Waals surface area contributed by atoms with Crippen molar-refractivity contribution in [1.29, 1.82) is 0 Å². The molecule has 0 aliphatic carbocycles. The summed E-state index contributed by atoms with van der Waals surface area (Å²) in [6.45, 7) is 0. The zero-order valence-electron chi connectivity index (χ0n) is 7.64. The third-order valence-corrected chi connectivity index (χ3v) is 2.35. The highest BCUT2D eigenvalue weighted by Crippen LogP contribution is 2.16. The van der Waals surface area contributed by atoms with Crippen LogP contribution in [-0.2, 0) is 0 Å². The Kier molecular flexibility index (Phi) is 1.39. The molecule has 2 aromatic heterocycles. The first-order valence-electron chi connectivity index (χ1n) is 4.45. The van der Waals surface area contributed by atoms with Gasteiger partial charge in [-0.3, -0.25) is 4.98 Å². The molecule has 0 spiro atoms. The molecule has 0 saturated carbocycles. The molecule has 5 heteroatoms. The van der Waals surface area contributed by atoms with E-state index in [4.69, 9.17) is 0 Å². The number of H-pyrrole nitrogens is 1. The van der Waals surface area contributed by atoms with Gasteiger partial charge in [-0.2, -0.15) is 0 Å². The van der Waals surface area contributed by atoms with E-state index in [1.54, 1.807) is 6.07 Å². The van der Waals surface area contributed by atoms with Crippen molar-refractivity contribution < 1.29 is 5.21 Å². The van der Waals surface area contributed by atoms with Gasteiger partial charge in [-0.05, 0) is 12.1 Å². The third-order valence-electron chi connectivity index (χ3n) is 2.35. The molecule has 0 unspecified atom stereocenters. The summed E-state index contributed by atoms with van der Waals surface area (Å²) in [5.74, 6) is 0. The third kappa shape index (κ3) is 1.03. The van der Waals surface area contributed by atoms with E-state index in [0.29, 0.717) is 15.9 Å². The Balaban J connectivity index is 2.58. The van der Waals surface area contributed by atoms with Crippen LogP contribution in [0, 0.1) is 0 Å². The van der Waals surface area contributed by atoms with Crippen LogP contribution >= 0.6 is 0 Å². The maximum absolute atomic E-state index is 11.1. The van der Waals surface area contributed by atoms with E-state index < -0.39 is 5.69 Å². The molecular weight excluding hydrogens is 194 g/mol. The largest absolute Gasteiger partial charge is 0.423 e. The number of aromatic nitrogens is 3. The van der Waals surface area contributed by atoms with Crippen molar-refractivity contribution in [2.24, 2.45) is 0 Å². The van der Waals surface area contributed by atoms with Gasteiger partial charge in [0.2, 0.25) is 0 Å². The van der Waals surface area contributed by atoms with E-state index in [1.807, 2.05) is 24.3 Å². The molecule has 3 rings (SSSR count). The van der Waals surface area contributed by atoms with Crippen LogP contribution in [0.4, 0.5) is 0 Å². The zero-order chi connectivity index (χ0) is 10.4. The van der Waals surface area contributed by atoms with Crippen LogP contribution < -0.4 is 5.69 Å². The van der Waals surface area contributed by atoms with Crippen LogP contribution in [0.25, 0.3) is 22.1 Å². The first-order valence-corrected chi connectivity index (χ1v) is 4.45. The number of nitrogens with one attached hydrogen (secondary N) is 1. The molecule has 0 bridgehead atoms. The van der Waals surface area contributed by atoms with Crippen molar-refractivity contribution in [3.63, 3.8) is 0 Å². The quantitative estimate of drug-likeness (QED) is 0.535. The minimum Gasteiger partial charge on any atom is -0.423 e. The number of nitrogens with zero attached hydrogens (tertiary/aromatic N) is 2. The smallest absolute Gasteiger partial charge is 0.360 e. The molecule has 2 heterocycles. The average molecular weight is 201 g/mol. The summed E-state index contributed by atoms with van der Waals surface area (Å²) in [4.78, 5) is 17.8. The van der Waals surface area contributed by atoms with Gasteiger partial charge < -0.3 is 5.21 Å². The van der Waals surface area contributed by atoms with Crippen molar-refractivity contribution >= 4 is 22.1 Å². The highest BCUT2D eigenvalue weighted by molar-refractivity contribution is 5.89. The minimum absolute atomic E-state index is 0.388. The van der Waals surface area contributed by atoms with Gasteiger partial charge in [0.25, 0.3) is 0 Å². The van der Waals surface area contributed by atoms with Crippen LogP contribution in [0.5, 0.6) is 0 Å². The topological polar surface area (TPSA) is 70.9 Å². The van der Waals surface area contributed by atoms with Crippen LogP contribution in [0.15, 0.2) is 35.1 Å². The van der Waals surface area contributed by atoms with Gasteiger partial charge in [0.15, 0.2) is 5.65 Å². The number of hydrogen-bond donors (Lipinski definition) is 2. The number of hydrogen-bond acceptors (Lipinski definition) is 3. The maximum Gasteiger partial charge on any atom is 0.360 e. The second kappa shape index (κ2) is 2.60. The highest BCUT2D eigenvalue weighted by atomic mass is 16.5. The second-order valence-corrected chi connectivity index (χ2v) is 3.29. The van der Waals surface area contributed by atoms with Gasteiger partial charge in [0.05, 0.1) is 5.52 Å². The molecule has 0 amide bonds. The minimum atomic E-state index is -0.576. The molecule has 0 fully saturated rings. The van der Waals surface area contributed by atoms with Gasteiger partial charge in [-0.15, -0.1) is 4.73 Å². The molecule has 15 heavy (non-hydrogen) atoms. The Morgan fingerprint density at radius 2 is 2.13 bits per heavy atom. The standard InChI is InChI=1S/C10H7N3O2/c14-10-12-9-8(13(10)15)5-6-3-1-2-4-7(6)11-9/h1-5,15H,(H,11,12,14). The predicted octanol–water partition coefficient (Wildman–Crippen LogP) is 1.12. The van der Waals surface area contributed by atoms with E-state index in [0.717, 1.165) is 10.9 Å². The second-order valence-electron chi connectivity index (χ2n) is 3.29. The molecule has 0 radical (unpaired) electrons. The van der Waals surface area contributed by atoms with E-state index in [2.05, 4.69) is 9.97 Å². The summed E-state index contributed by atoms with van der Waals surface area (Å²) in [5, 5.41) is 10.3. The molecule has 0 atom stereocenters. The number of rotatable bonds is 0.